The number of thioether (sulfide) groups is 1. The Morgan fingerprint density at radius 3 is 2.62 bits per heavy atom. The van der Waals surface area contributed by atoms with E-state index in [2.05, 4.69) is 25.8 Å². The molecule has 1 aromatic carbocycles. The number of benzene rings is 1. The number of amides is 4. The molecule has 0 spiro atoms. The number of anilines is 1. The van der Waals surface area contributed by atoms with E-state index in [0.717, 1.165) is 48.4 Å². The van der Waals surface area contributed by atoms with Gasteiger partial charge in [-0.05, 0) is 38.3 Å². The molecular formula is C20H24ClN7O3S. The first-order valence-corrected chi connectivity index (χ1v) is 11.7. The van der Waals surface area contributed by atoms with Gasteiger partial charge >= 0.3 is 6.03 Å². The molecule has 2 aliphatic heterocycles. The summed E-state index contributed by atoms with van der Waals surface area (Å²) < 4.78 is 1.84. The summed E-state index contributed by atoms with van der Waals surface area (Å²) in [5, 5.41) is 13.0. The Labute approximate surface area is 194 Å². The van der Waals surface area contributed by atoms with E-state index >= 15 is 0 Å². The van der Waals surface area contributed by atoms with Gasteiger partial charge < -0.3 is 10.2 Å². The second-order valence-corrected chi connectivity index (χ2v) is 9.19. The normalized spacial score (nSPS) is 20.7. The van der Waals surface area contributed by atoms with E-state index in [9.17, 15) is 14.4 Å². The van der Waals surface area contributed by atoms with E-state index in [-0.39, 0.29) is 5.75 Å². The Morgan fingerprint density at radius 1 is 1.25 bits per heavy atom. The highest BCUT2D eigenvalue weighted by atomic mass is 35.5. The van der Waals surface area contributed by atoms with Crippen LogP contribution >= 0.6 is 23.4 Å². The molecule has 1 unspecified atom stereocenters. The number of imide groups is 1. The van der Waals surface area contributed by atoms with Crippen LogP contribution in [0.2, 0.25) is 5.02 Å². The number of hydrogen-bond donors (Lipinski definition) is 2. The van der Waals surface area contributed by atoms with Gasteiger partial charge in [-0.15, -0.1) is 10.2 Å². The molecule has 1 atom stereocenters. The monoisotopic (exact) mass is 477 g/mol. The second kappa shape index (κ2) is 8.99. The predicted molar refractivity (Wildman–Crippen MR) is 121 cm³/mol. The van der Waals surface area contributed by atoms with Crippen molar-refractivity contribution in [1.29, 1.82) is 0 Å². The second-order valence-electron chi connectivity index (χ2n) is 7.84. The average Bonchev–Trinajstić information content (AvgIpc) is 3.49. The molecule has 12 heteroatoms. The molecule has 32 heavy (non-hydrogen) atoms. The number of para-hydroxylation sites is 1. The van der Waals surface area contributed by atoms with Gasteiger partial charge in [0.25, 0.3) is 5.91 Å². The Kier molecular flexibility index (Phi) is 6.29. The number of urea groups is 1. The number of nitrogens with zero attached hydrogens (tertiary/aromatic N) is 5. The molecule has 1 aromatic heterocycles. The van der Waals surface area contributed by atoms with Crippen molar-refractivity contribution in [3.05, 3.63) is 29.3 Å². The molecule has 0 aliphatic carbocycles. The molecule has 0 bridgehead atoms. The number of nitrogens with one attached hydrogen (secondary N) is 2. The van der Waals surface area contributed by atoms with Gasteiger partial charge in [-0.3, -0.25) is 19.6 Å². The summed E-state index contributed by atoms with van der Waals surface area (Å²) in [7, 11) is 0. The van der Waals surface area contributed by atoms with Crippen molar-refractivity contribution in [1.82, 2.24) is 30.5 Å². The lowest BCUT2D eigenvalue weighted by Crippen LogP contribution is -2.49. The van der Waals surface area contributed by atoms with Crippen LogP contribution in [-0.4, -0.2) is 62.0 Å². The van der Waals surface area contributed by atoms with Crippen LogP contribution in [0, 0.1) is 0 Å². The van der Waals surface area contributed by atoms with Crippen molar-refractivity contribution in [2.24, 2.45) is 0 Å². The van der Waals surface area contributed by atoms with Gasteiger partial charge in [-0.25, -0.2) is 4.79 Å². The lowest BCUT2D eigenvalue weighted by atomic mass is 10.00. The number of hydrogen-bond acceptors (Lipinski definition) is 7. The summed E-state index contributed by atoms with van der Waals surface area (Å²) in [6.45, 7) is 5.16. The zero-order chi connectivity index (χ0) is 22.9. The fraction of sp³-hybridized carbons (Fsp3) is 0.450. The molecule has 2 aliphatic rings. The molecule has 2 N–H and O–H groups in total. The largest absolute Gasteiger partial charge is 0.344 e. The molecule has 3 heterocycles. The minimum Gasteiger partial charge on any atom is -0.341 e. The summed E-state index contributed by atoms with van der Waals surface area (Å²) in [5.41, 5.74) is 2.09. The van der Waals surface area contributed by atoms with E-state index in [1.54, 1.807) is 19.9 Å². The highest BCUT2D eigenvalue weighted by Crippen LogP contribution is 2.31. The fourth-order valence-corrected chi connectivity index (χ4v) is 4.59. The molecule has 2 saturated heterocycles. The smallest absolute Gasteiger partial charge is 0.341 e. The van der Waals surface area contributed by atoms with Gasteiger partial charge in [-0.2, -0.15) is 5.01 Å². The van der Waals surface area contributed by atoms with Crippen LogP contribution in [-0.2, 0) is 9.59 Å². The van der Waals surface area contributed by atoms with Gasteiger partial charge in [0, 0.05) is 13.1 Å². The summed E-state index contributed by atoms with van der Waals surface area (Å²) in [6.07, 6.45) is 2.56. The minimum atomic E-state index is -1.02. The minimum absolute atomic E-state index is 0.0670. The summed E-state index contributed by atoms with van der Waals surface area (Å²) in [6, 6.07) is 6.72. The highest BCUT2D eigenvalue weighted by Gasteiger charge is 2.47. The molecule has 2 fully saturated rings. The average molecular weight is 478 g/mol. The molecule has 170 valence electrons. The van der Waals surface area contributed by atoms with Crippen LogP contribution in [0.25, 0.3) is 5.69 Å². The molecule has 0 radical (unpaired) electrons. The first-order chi connectivity index (χ1) is 15.3. The number of carbonyl (C=O) groups excluding carboxylic acids is 3. The molecule has 10 nitrogen and oxygen atoms in total. The van der Waals surface area contributed by atoms with Gasteiger partial charge in [-0.1, -0.05) is 42.4 Å². The summed E-state index contributed by atoms with van der Waals surface area (Å²) in [5.74, 6) is -0.386. The Balaban J connectivity index is 1.51. The SMILES string of the molecule is CCC1(C)NC(=O)N(NC(=O)CSc2nnc(N3CCCC3)n2-c2ccccc2Cl)C1=O. The molecule has 4 rings (SSSR count). The van der Waals surface area contributed by atoms with Gasteiger partial charge in [0.2, 0.25) is 11.9 Å². The van der Waals surface area contributed by atoms with Gasteiger partial charge in [0.15, 0.2) is 5.16 Å². The van der Waals surface area contributed by atoms with Crippen LogP contribution in [0.5, 0.6) is 0 Å². The van der Waals surface area contributed by atoms with Crippen molar-refractivity contribution in [2.45, 2.75) is 43.8 Å². The number of hydrazine groups is 1. The van der Waals surface area contributed by atoms with Crippen LogP contribution in [0.1, 0.15) is 33.1 Å². The van der Waals surface area contributed by atoms with E-state index < -0.39 is 23.4 Å². The Bertz CT molecular complexity index is 1060. The Hall–Kier alpha value is -2.79. The van der Waals surface area contributed by atoms with Crippen LogP contribution in [0.4, 0.5) is 10.7 Å². The van der Waals surface area contributed by atoms with E-state index in [4.69, 9.17) is 11.6 Å². The van der Waals surface area contributed by atoms with Crippen molar-refractivity contribution in [2.75, 3.05) is 23.7 Å². The lowest BCUT2D eigenvalue weighted by Gasteiger charge is -2.20. The maximum atomic E-state index is 12.5. The van der Waals surface area contributed by atoms with Crippen LogP contribution in [0.15, 0.2) is 29.4 Å². The third-order valence-corrected chi connectivity index (χ3v) is 6.88. The van der Waals surface area contributed by atoms with Crippen molar-refractivity contribution >= 4 is 47.2 Å². The summed E-state index contributed by atoms with van der Waals surface area (Å²) in [4.78, 5) is 39.3. The predicted octanol–water partition coefficient (Wildman–Crippen LogP) is 2.36. The van der Waals surface area contributed by atoms with E-state index in [1.165, 1.54) is 0 Å². The number of rotatable bonds is 7. The van der Waals surface area contributed by atoms with E-state index in [0.29, 0.717) is 22.5 Å². The zero-order valence-corrected chi connectivity index (χ0v) is 19.4. The molecule has 4 amide bonds. The summed E-state index contributed by atoms with van der Waals surface area (Å²) >= 11 is 7.60. The topological polar surface area (TPSA) is 112 Å². The number of carbonyl (C=O) groups is 3. The third-order valence-electron chi connectivity index (χ3n) is 5.64. The van der Waals surface area contributed by atoms with E-state index in [1.807, 2.05) is 22.8 Å². The molecule has 0 saturated carbocycles. The number of halogens is 1. The van der Waals surface area contributed by atoms with Crippen molar-refractivity contribution in [3.63, 3.8) is 0 Å². The first kappa shape index (κ1) is 22.4. The zero-order valence-electron chi connectivity index (χ0n) is 17.8. The fourth-order valence-electron chi connectivity index (χ4n) is 3.63. The van der Waals surface area contributed by atoms with Crippen molar-refractivity contribution < 1.29 is 14.4 Å². The van der Waals surface area contributed by atoms with Crippen LogP contribution < -0.4 is 15.6 Å². The lowest BCUT2D eigenvalue weighted by molar-refractivity contribution is -0.137. The Morgan fingerprint density at radius 2 is 1.97 bits per heavy atom. The molecule has 2 aromatic rings. The quantitative estimate of drug-likeness (QED) is 0.465. The van der Waals surface area contributed by atoms with Crippen molar-refractivity contribution in [3.8, 4) is 5.69 Å². The highest BCUT2D eigenvalue weighted by molar-refractivity contribution is 7.99. The maximum Gasteiger partial charge on any atom is 0.344 e. The van der Waals surface area contributed by atoms with Gasteiger partial charge in [0.05, 0.1) is 16.5 Å². The van der Waals surface area contributed by atoms with Crippen LogP contribution in [0.3, 0.4) is 0 Å². The molecular weight excluding hydrogens is 454 g/mol. The number of aromatic nitrogens is 3. The first-order valence-electron chi connectivity index (χ1n) is 10.4. The van der Waals surface area contributed by atoms with Gasteiger partial charge in [0.1, 0.15) is 5.54 Å². The standard InChI is InChI=1S/C20H24ClN7O3S/c1-3-20(2)16(30)28(18(31)22-20)25-15(29)12-32-19-24-23-17(26-10-6-7-11-26)27(19)14-9-5-4-8-13(14)21/h4-5,8-9H,3,6-7,10-12H2,1-2H3,(H,22,31)(H,25,29). The maximum absolute atomic E-state index is 12.5. The third kappa shape index (κ3) is 4.14.